The SMILES string of the molecule is COc1cc(CF)nc(C(=O)O)c1OC(F)(F)F. The second kappa shape index (κ2) is 5.07. The van der Waals surface area contributed by atoms with Gasteiger partial charge in [0.25, 0.3) is 0 Å². The third kappa shape index (κ3) is 3.22. The number of nitrogens with zero attached hydrogens (tertiary/aromatic N) is 1. The van der Waals surface area contributed by atoms with Crippen LogP contribution >= 0.6 is 0 Å². The van der Waals surface area contributed by atoms with E-state index in [2.05, 4.69) is 14.5 Å². The molecule has 0 saturated heterocycles. The summed E-state index contributed by atoms with van der Waals surface area (Å²) >= 11 is 0. The van der Waals surface area contributed by atoms with Crippen LogP contribution in [0.25, 0.3) is 0 Å². The zero-order chi connectivity index (χ0) is 13.9. The number of hydrogen-bond acceptors (Lipinski definition) is 4. The lowest BCUT2D eigenvalue weighted by molar-refractivity contribution is -0.275. The van der Waals surface area contributed by atoms with Crippen LogP contribution in [0.1, 0.15) is 16.2 Å². The van der Waals surface area contributed by atoms with Crippen molar-refractivity contribution in [2.75, 3.05) is 7.11 Å². The number of halogens is 4. The molecule has 0 amide bonds. The van der Waals surface area contributed by atoms with Gasteiger partial charge in [0.15, 0.2) is 11.4 Å². The highest BCUT2D eigenvalue weighted by atomic mass is 19.4. The Hall–Kier alpha value is -2.06. The van der Waals surface area contributed by atoms with E-state index in [0.29, 0.717) is 0 Å². The lowest BCUT2D eigenvalue weighted by Gasteiger charge is -2.14. The van der Waals surface area contributed by atoms with Gasteiger partial charge in [-0.1, -0.05) is 0 Å². The van der Waals surface area contributed by atoms with Crippen LogP contribution in [0.3, 0.4) is 0 Å². The molecular formula is C9H7F4NO4. The van der Waals surface area contributed by atoms with Crippen molar-refractivity contribution in [3.8, 4) is 11.5 Å². The number of methoxy groups -OCH3 is 1. The Morgan fingerprint density at radius 1 is 1.50 bits per heavy atom. The van der Waals surface area contributed by atoms with Gasteiger partial charge in [-0.25, -0.2) is 14.2 Å². The molecule has 0 bridgehead atoms. The second-order valence-electron chi connectivity index (χ2n) is 2.98. The Bertz CT molecular complexity index is 461. The quantitative estimate of drug-likeness (QED) is 0.848. The van der Waals surface area contributed by atoms with E-state index in [0.717, 1.165) is 13.2 Å². The molecule has 1 N–H and O–H groups in total. The van der Waals surface area contributed by atoms with Crippen LogP contribution in [0.2, 0.25) is 0 Å². The van der Waals surface area contributed by atoms with E-state index in [9.17, 15) is 22.4 Å². The summed E-state index contributed by atoms with van der Waals surface area (Å²) in [5.41, 5.74) is -1.45. The first-order valence-electron chi connectivity index (χ1n) is 4.41. The number of pyridine rings is 1. The Morgan fingerprint density at radius 2 is 2.11 bits per heavy atom. The topological polar surface area (TPSA) is 68.7 Å². The van der Waals surface area contributed by atoms with E-state index < -0.39 is 36.2 Å². The van der Waals surface area contributed by atoms with Crippen molar-refractivity contribution in [1.29, 1.82) is 0 Å². The van der Waals surface area contributed by atoms with E-state index in [4.69, 9.17) is 5.11 Å². The Labute approximate surface area is 98.0 Å². The van der Waals surface area contributed by atoms with E-state index in [1.165, 1.54) is 0 Å². The lowest BCUT2D eigenvalue weighted by Crippen LogP contribution is -2.20. The molecule has 0 spiro atoms. The molecule has 0 saturated carbocycles. The summed E-state index contributed by atoms with van der Waals surface area (Å²) in [5, 5.41) is 8.71. The predicted octanol–water partition coefficient (Wildman–Crippen LogP) is 2.16. The highest BCUT2D eigenvalue weighted by molar-refractivity contribution is 5.89. The summed E-state index contributed by atoms with van der Waals surface area (Å²) in [6, 6.07) is 0.827. The van der Waals surface area contributed by atoms with Crippen molar-refractivity contribution < 1.29 is 36.9 Å². The number of alkyl halides is 4. The average Bonchev–Trinajstić information content (AvgIpc) is 2.26. The fraction of sp³-hybridized carbons (Fsp3) is 0.333. The molecule has 18 heavy (non-hydrogen) atoms. The normalized spacial score (nSPS) is 11.2. The molecule has 1 heterocycles. The van der Waals surface area contributed by atoms with Crippen molar-refractivity contribution in [2.45, 2.75) is 13.0 Å². The Balaban J connectivity index is 3.39. The molecule has 0 radical (unpaired) electrons. The third-order valence-electron chi connectivity index (χ3n) is 1.77. The van der Waals surface area contributed by atoms with Gasteiger partial charge in [0.1, 0.15) is 6.67 Å². The van der Waals surface area contributed by atoms with Gasteiger partial charge in [-0.05, 0) is 0 Å². The van der Waals surface area contributed by atoms with Crippen molar-refractivity contribution in [3.05, 3.63) is 17.5 Å². The molecule has 0 fully saturated rings. The largest absolute Gasteiger partial charge is 0.573 e. The van der Waals surface area contributed by atoms with Crippen LogP contribution in [0.5, 0.6) is 11.5 Å². The Morgan fingerprint density at radius 3 is 2.50 bits per heavy atom. The smallest absolute Gasteiger partial charge is 0.493 e. The van der Waals surface area contributed by atoms with Crippen molar-refractivity contribution in [3.63, 3.8) is 0 Å². The number of aromatic carboxylic acids is 1. The molecule has 9 heteroatoms. The van der Waals surface area contributed by atoms with Gasteiger partial charge in [0.05, 0.1) is 12.8 Å². The number of hydrogen-bond donors (Lipinski definition) is 1. The molecule has 1 rings (SSSR count). The number of rotatable bonds is 4. The maximum Gasteiger partial charge on any atom is 0.573 e. The van der Waals surface area contributed by atoms with Crippen molar-refractivity contribution >= 4 is 5.97 Å². The van der Waals surface area contributed by atoms with Crippen molar-refractivity contribution in [1.82, 2.24) is 4.98 Å². The first-order chi connectivity index (χ1) is 8.28. The number of carbonyl (C=O) groups is 1. The van der Waals surface area contributed by atoms with Gasteiger partial charge in [-0.2, -0.15) is 0 Å². The number of carboxylic acid groups (broad SMARTS) is 1. The first-order valence-corrected chi connectivity index (χ1v) is 4.41. The van der Waals surface area contributed by atoms with Crippen LogP contribution in [-0.4, -0.2) is 29.5 Å². The zero-order valence-corrected chi connectivity index (χ0v) is 8.92. The first kappa shape index (κ1) is 14.0. The van der Waals surface area contributed by atoms with Gasteiger partial charge in [-0.15, -0.1) is 13.2 Å². The van der Waals surface area contributed by atoms with Gasteiger partial charge in [0.2, 0.25) is 5.75 Å². The monoisotopic (exact) mass is 269 g/mol. The lowest BCUT2D eigenvalue weighted by atomic mass is 10.2. The minimum absolute atomic E-state index is 0.376. The molecule has 0 unspecified atom stereocenters. The predicted molar refractivity (Wildman–Crippen MR) is 49.2 cm³/mol. The summed E-state index contributed by atoms with van der Waals surface area (Å²) in [7, 11) is 0.992. The van der Waals surface area contributed by atoms with Crippen LogP contribution in [-0.2, 0) is 6.67 Å². The molecule has 0 aliphatic carbocycles. The molecular weight excluding hydrogens is 262 g/mol. The Kier molecular flexibility index (Phi) is 3.94. The average molecular weight is 269 g/mol. The van der Waals surface area contributed by atoms with E-state index in [1.54, 1.807) is 0 Å². The minimum atomic E-state index is -5.11. The number of carboxylic acids is 1. The molecule has 5 nitrogen and oxygen atoms in total. The maximum atomic E-state index is 12.4. The molecule has 0 aliphatic heterocycles. The fourth-order valence-electron chi connectivity index (χ4n) is 1.14. The van der Waals surface area contributed by atoms with Crippen LogP contribution in [0.15, 0.2) is 6.07 Å². The summed E-state index contributed by atoms with van der Waals surface area (Å²) in [5.74, 6) is -3.47. The summed E-state index contributed by atoms with van der Waals surface area (Å²) < 4.78 is 56.8. The third-order valence-corrected chi connectivity index (χ3v) is 1.77. The van der Waals surface area contributed by atoms with Crippen LogP contribution < -0.4 is 9.47 Å². The summed E-state index contributed by atoms with van der Waals surface area (Å²) in [6.07, 6.45) is -5.11. The van der Waals surface area contributed by atoms with Gasteiger partial charge < -0.3 is 14.6 Å². The van der Waals surface area contributed by atoms with Crippen LogP contribution in [0, 0.1) is 0 Å². The second-order valence-corrected chi connectivity index (χ2v) is 2.98. The molecule has 1 aromatic heterocycles. The van der Waals surface area contributed by atoms with E-state index in [-0.39, 0.29) is 5.69 Å². The highest BCUT2D eigenvalue weighted by Crippen LogP contribution is 2.35. The number of aromatic nitrogens is 1. The molecule has 100 valence electrons. The van der Waals surface area contributed by atoms with Crippen LogP contribution in [0.4, 0.5) is 17.6 Å². The van der Waals surface area contributed by atoms with E-state index in [1.807, 2.05) is 0 Å². The van der Waals surface area contributed by atoms with E-state index >= 15 is 0 Å². The highest BCUT2D eigenvalue weighted by Gasteiger charge is 2.35. The number of ether oxygens (including phenoxy) is 2. The van der Waals surface area contributed by atoms with Crippen molar-refractivity contribution in [2.24, 2.45) is 0 Å². The van der Waals surface area contributed by atoms with Gasteiger partial charge in [0, 0.05) is 6.07 Å². The summed E-state index contributed by atoms with van der Waals surface area (Å²) in [6.45, 7) is -1.15. The molecule has 1 aromatic rings. The van der Waals surface area contributed by atoms with Gasteiger partial charge in [-0.3, -0.25) is 0 Å². The minimum Gasteiger partial charge on any atom is -0.493 e. The fourth-order valence-corrected chi connectivity index (χ4v) is 1.14. The summed E-state index contributed by atoms with van der Waals surface area (Å²) in [4.78, 5) is 14.0. The molecule has 0 aromatic carbocycles. The zero-order valence-electron chi connectivity index (χ0n) is 8.92. The molecule has 0 aliphatic rings. The molecule has 0 atom stereocenters. The van der Waals surface area contributed by atoms with Gasteiger partial charge >= 0.3 is 12.3 Å². The maximum absolute atomic E-state index is 12.4. The standard InChI is InChI=1S/C9H7F4NO4/c1-17-5-2-4(3-10)14-6(8(15)16)7(5)18-9(11,12)13/h2H,3H2,1H3,(H,15,16).